The Balaban J connectivity index is 2.26. The van der Waals surface area contributed by atoms with Crippen molar-refractivity contribution in [3.8, 4) is 0 Å². The average Bonchev–Trinajstić information content (AvgIpc) is 2.61. The third kappa shape index (κ3) is 2.87. The lowest BCUT2D eigenvalue weighted by Gasteiger charge is -2.18. The summed E-state index contributed by atoms with van der Waals surface area (Å²) in [5, 5.41) is 11.1. The molecule has 0 saturated heterocycles. The average molecular weight is 272 g/mol. The molecule has 106 valence electrons. The lowest BCUT2D eigenvalue weighted by Crippen LogP contribution is -2.10. The van der Waals surface area contributed by atoms with Crippen LogP contribution in [0.3, 0.4) is 0 Å². The summed E-state index contributed by atoms with van der Waals surface area (Å²) in [6, 6.07) is 7.90. The molecule has 0 bridgehead atoms. The highest BCUT2D eigenvalue weighted by atomic mass is 16.1. The zero-order valence-corrected chi connectivity index (χ0v) is 12.6. The van der Waals surface area contributed by atoms with Gasteiger partial charge in [0.2, 0.25) is 0 Å². The number of benzene rings is 1. The van der Waals surface area contributed by atoms with Crippen molar-refractivity contribution in [3.63, 3.8) is 0 Å². The van der Waals surface area contributed by atoms with E-state index in [1.54, 1.807) is 14.0 Å². The van der Waals surface area contributed by atoms with Gasteiger partial charge in [-0.3, -0.25) is 14.6 Å². The number of H-pyrrole nitrogens is 1. The fourth-order valence-corrected chi connectivity index (χ4v) is 1.93. The number of aromatic amines is 1. The summed E-state index contributed by atoms with van der Waals surface area (Å²) in [6.07, 6.45) is 0. The largest absolute Gasteiger partial charge is 0.298 e. The molecule has 0 fully saturated rings. The molecule has 5 nitrogen and oxygen atoms in total. The van der Waals surface area contributed by atoms with E-state index in [1.165, 1.54) is 10.2 Å². The Labute approximate surface area is 118 Å². The standard InChI is InChI=1S/C15H20N4O/c1-10-13(14(20)19(5)18-10)17-16-12-8-6-11(7-9-12)15(2,3)4/h6-9,18H,1-5H3. The summed E-state index contributed by atoms with van der Waals surface area (Å²) in [5.41, 5.74) is 2.99. The number of aromatic nitrogens is 2. The van der Waals surface area contributed by atoms with E-state index < -0.39 is 0 Å². The number of nitrogens with zero attached hydrogens (tertiary/aromatic N) is 3. The minimum atomic E-state index is -0.169. The number of nitrogens with one attached hydrogen (secondary N) is 1. The Morgan fingerprint density at radius 1 is 1.10 bits per heavy atom. The second-order valence-electron chi connectivity index (χ2n) is 5.95. The predicted molar refractivity (Wildman–Crippen MR) is 80.1 cm³/mol. The molecule has 5 heteroatoms. The third-order valence-corrected chi connectivity index (χ3v) is 3.20. The summed E-state index contributed by atoms with van der Waals surface area (Å²) < 4.78 is 1.40. The highest BCUT2D eigenvalue weighted by Gasteiger charge is 2.12. The van der Waals surface area contributed by atoms with Crippen LogP contribution in [0.15, 0.2) is 39.3 Å². The van der Waals surface area contributed by atoms with Gasteiger partial charge in [-0.25, -0.2) is 0 Å². The van der Waals surface area contributed by atoms with Gasteiger partial charge in [-0.1, -0.05) is 32.9 Å². The van der Waals surface area contributed by atoms with E-state index in [0.29, 0.717) is 11.4 Å². The van der Waals surface area contributed by atoms with Gasteiger partial charge in [-0.05, 0) is 30.0 Å². The number of azo groups is 1. The van der Waals surface area contributed by atoms with E-state index in [9.17, 15) is 4.79 Å². The maximum Gasteiger partial charge on any atom is 0.294 e. The molecule has 0 atom stereocenters. The Bertz CT molecular complexity index is 684. The SMILES string of the molecule is Cc1[nH]n(C)c(=O)c1N=Nc1ccc(C(C)(C)C)cc1. The first-order chi connectivity index (χ1) is 9.29. The Morgan fingerprint density at radius 3 is 2.15 bits per heavy atom. The first kappa shape index (κ1) is 14.2. The summed E-state index contributed by atoms with van der Waals surface area (Å²) in [5.74, 6) is 0. The van der Waals surface area contributed by atoms with E-state index in [4.69, 9.17) is 0 Å². The van der Waals surface area contributed by atoms with Crippen molar-refractivity contribution in [3.05, 3.63) is 45.9 Å². The summed E-state index contributed by atoms with van der Waals surface area (Å²) in [4.78, 5) is 11.8. The van der Waals surface area contributed by atoms with Crippen molar-refractivity contribution >= 4 is 11.4 Å². The molecule has 0 saturated carbocycles. The molecule has 0 unspecified atom stereocenters. The molecule has 1 N–H and O–H groups in total. The van der Waals surface area contributed by atoms with Crippen molar-refractivity contribution in [2.24, 2.45) is 17.3 Å². The van der Waals surface area contributed by atoms with E-state index >= 15 is 0 Å². The fourth-order valence-electron chi connectivity index (χ4n) is 1.93. The van der Waals surface area contributed by atoms with Crippen LogP contribution in [-0.4, -0.2) is 9.78 Å². The van der Waals surface area contributed by atoms with Crippen molar-refractivity contribution < 1.29 is 0 Å². The lowest BCUT2D eigenvalue weighted by atomic mass is 9.87. The number of hydrogen-bond donors (Lipinski definition) is 1. The van der Waals surface area contributed by atoms with Crippen LogP contribution in [0.1, 0.15) is 32.0 Å². The van der Waals surface area contributed by atoms with Crippen LogP contribution in [-0.2, 0) is 12.5 Å². The number of aryl methyl sites for hydroxylation is 2. The van der Waals surface area contributed by atoms with Gasteiger partial charge < -0.3 is 0 Å². The van der Waals surface area contributed by atoms with Crippen molar-refractivity contribution in [2.75, 3.05) is 0 Å². The molecule has 20 heavy (non-hydrogen) atoms. The first-order valence-electron chi connectivity index (χ1n) is 6.57. The van der Waals surface area contributed by atoms with Crippen LogP contribution in [0, 0.1) is 6.92 Å². The quantitative estimate of drug-likeness (QED) is 0.832. The normalized spacial score (nSPS) is 12.2. The molecule has 0 aliphatic heterocycles. The zero-order chi connectivity index (χ0) is 14.9. The summed E-state index contributed by atoms with van der Waals surface area (Å²) in [6.45, 7) is 8.29. The van der Waals surface area contributed by atoms with E-state index in [2.05, 4.69) is 36.1 Å². The van der Waals surface area contributed by atoms with Gasteiger partial charge in [0.05, 0.1) is 11.4 Å². The van der Waals surface area contributed by atoms with Crippen LogP contribution in [0.25, 0.3) is 0 Å². The van der Waals surface area contributed by atoms with Gasteiger partial charge in [-0.2, -0.15) is 5.11 Å². The monoisotopic (exact) mass is 272 g/mol. The van der Waals surface area contributed by atoms with Crippen LogP contribution in [0.5, 0.6) is 0 Å². The lowest BCUT2D eigenvalue weighted by molar-refractivity contribution is 0.590. The predicted octanol–water partition coefficient (Wildman–Crippen LogP) is 3.73. The summed E-state index contributed by atoms with van der Waals surface area (Å²) in [7, 11) is 1.66. The maximum atomic E-state index is 11.8. The second-order valence-corrected chi connectivity index (χ2v) is 5.95. The molecular weight excluding hydrogens is 252 g/mol. The third-order valence-electron chi connectivity index (χ3n) is 3.20. The fraction of sp³-hybridized carbons (Fsp3) is 0.400. The van der Waals surface area contributed by atoms with Gasteiger partial charge in [0, 0.05) is 7.05 Å². The zero-order valence-electron chi connectivity index (χ0n) is 12.6. The topological polar surface area (TPSA) is 62.5 Å². The Hall–Kier alpha value is -2.17. The minimum absolute atomic E-state index is 0.114. The van der Waals surface area contributed by atoms with E-state index in [-0.39, 0.29) is 11.0 Å². The molecule has 0 spiro atoms. The maximum absolute atomic E-state index is 11.8. The molecule has 0 aliphatic carbocycles. The highest BCUT2D eigenvalue weighted by molar-refractivity contribution is 5.43. The Morgan fingerprint density at radius 2 is 1.70 bits per heavy atom. The molecule has 1 heterocycles. The Kier molecular flexibility index (Phi) is 3.61. The van der Waals surface area contributed by atoms with Gasteiger partial charge >= 0.3 is 0 Å². The second kappa shape index (κ2) is 5.07. The van der Waals surface area contributed by atoms with Gasteiger partial charge in [0.25, 0.3) is 5.56 Å². The number of hydrogen-bond acceptors (Lipinski definition) is 3. The van der Waals surface area contributed by atoms with E-state index in [1.807, 2.05) is 24.3 Å². The molecule has 1 aromatic heterocycles. The van der Waals surface area contributed by atoms with Crippen LogP contribution in [0.2, 0.25) is 0 Å². The molecule has 2 rings (SSSR count). The van der Waals surface area contributed by atoms with Crippen LogP contribution in [0.4, 0.5) is 11.4 Å². The van der Waals surface area contributed by atoms with Gasteiger partial charge in [-0.15, -0.1) is 5.11 Å². The summed E-state index contributed by atoms with van der Waals surface area (Å²) >= 11 is 0. The highest BCUT2D eigenvalue weighted by Crippen LogP contribution is 2.25. The van der Waals surface area contributed by atoms with Crippen molar-refractivity contribution in [1.82, 2.24) is 9.78 Å². The molecule has 0 radical (unpaired) electrons. The van der Waals surface area contributed by atoms with Crippen molar-refractivity contribution in [2.45, 2.75) is 33.1 Å². The molecule has 2 aromatic rings. The van der Waals surface area contributed by atoms with Crippen LogP contribution >= 0.6 is 0 Å². The minimum Gasteiger partial charge on any atom is -0.298 e. The molecule has 1 aromatic carbocycles. The smallest absolute Gasteiger partial charge is 0.294 e. The molecule has 0 amide bonds. The first-order valence-corrected chi connectivity index (χ1v) is 6.57. The van der Waals surface area contributed by atoms with Gasteiger partial charge in [0.15, 0.2) is 5.69 Å². The number of rotatable bonds is 2. The van der Waals surface area contributed by atoms with Gasteiger partial charge in [0.1, 0.15) is 0 Å². The van der Waals surface area contributed by atoms with Crippen LogP contribution < -0.4 is 5.56 Å². The van der Waals surface area contributed by atoms with Crippen molar-refractivity contribution in [1.29, 1.82) is 0 Å². The molecule has 0 aliphatic rings. The van der Waals surface area contributed by atoms with E-state index in [0.717, 1.165) is 5.69 Å². The molecular formula is C15H20N4O.